The zero-order valence-corrected chi connectivity index (χ0v) is 13.4. The topological polar surface area (TPSA) is 80.1 Å². The summed E-state index contributed by atoms with van der Waals surface area (Å²) in [6.07, 6.45) is 3.07. The van der Waals surface area contributed by atoms with Crippen molar-refractivity contribution in [3.8, 4) is 5.69 Å². The summed E-state index contributed by atoms with van der Waals surface area (Å²) < 4.78 is 1.42. The Kier molecular flexibility index (Phi) is 2.98. The van der Waals surface area contributed by atoms with Gasteiger partial charge in [0.15, 0.2) is 5.82 Å². The number of nitrogens with zero attached hydrogens (tertiary/aromatic N) is 4. The molecular weight excluding hydrogens is 318 g/mol. The van der Waals surface area contributed by atoms with Crippen molar-refractivity contribution in [1.29, 1.82) is 0 Å². The standard InChI is InChI=1S/C18H15N5O2/c24-16-12-2-1-11(22-7-5-19-6-8-22)9-15(12)23-17(16)21-14-3-4-20-10-13(14)18(23)25/h1-4,9-10,19H,5-8H2. The molecule has 2 aliphatic rings. The van der Waals surface area contributed by atoms with E-state index in [1.165, 1.54) is 10.8 Å². The Bertz CT molecular complexity index is 1080. The molecule has 1 N–H and O–H groups in total. The number of nitrogens with one attached hydrogen (secondary N) is 1. The highest BCUT2D eigenvalue weighted by atomic mass is 16.1. The summed E-state index contributed by atoms with van der Waals surface area (Å²) in [6, 6.07) is 7.31. The summed E-state index contributed by atoms with van der Waals surface area (Å²) in [6.45, 7) is 3.64. The minimum atomic E-state index is -0.252. The fourth-order valence-electron chi connectivity index (χ4n) is 3.54. The Morgan fingerprint density at radius 1 is 1.08 bits per heavy atom. The number of piperazine rings is 1. The molecular formula is C18H15N5O2. The molecule has 0 aliphatic carbocycles. The fraction of sp³-hybridized carbons (Fsp3) is 0.222. The number of fused-ring (bicyclic) bond motifs is 4. The van der Waals surface area contributed by atoms with Crippen LogP contribution in [-0.2, 0) is 0 Å². The van der Waals surface area contributed by atoms with Gasteiger partial charge in [0.05, 0.1) is 22.2 Å². The first-order valence-corrected chi connectivity index (χ1v) is 8.25. The Labute approximate surface area is 142 Å². The van der Waals surface area contributed by atoms with Gasteiger partial charge >= 0.3 is 0 Å². The predicted octanol–water partition coefficient (Wildman–Crippen LogP) is 0.735. The SMILES string of the molecule is O=C1c2ccc(N3CCNCC3)cc2-n2c1nc1ccncc1c2=O. The third kappa shape index (κ3) is 2.02. The van der Waals surface area contributed by atoms with Crippen LogP contribution in [0.15, 0.2) is 41.5 Å². The molecule has 0 spiro atoms. The van der Waals surface area contributed by atoms with Gasteiger partial charge in [-0.3, -0.25) is 19.1 Å². The van der Waals surface area contributed by atoms with Crippen molar-refractivity contribution in [2.24, 2.45) is 0 Å². The molecule has 1 aromatic carbocycles. The van der Waals surface area contributed by atoms with Crippen LogP contribution in [-0.4, -0.2) is 46.5 Å². The number of carbonyl (C=O) groups excluding carboxylic acids is 1. The lowest BCUT2D eigenvalue weighted by atomic mass is 10.1. The van der Waals surface area contributed by atoms with E-state index in [4.69, 9.17) is 0 Å². The molecule has 0 saturated carbocycles. The quantitative estimate of drug-likeness (QED) is 0.553. The molecule has 0 bridgehead atoms. The van der Waals surface area contributed by atoms with Gasteiger partial charge in [0.25, 0.3) is 5.56 Å². The lowest BCUT2D eigenvalue weighted by molar-refractivity contribution is 0.103. The molecule has 7 heteroatoms. The van der Waals surface area contributed by atoms with Crippen molar-refractivity contribution >= 4 is 22.4 Å². The number of aromatic nitrogens is 3. The fourth-order valence-corrected chi connectivity index (χ4v) is 3.54. The Morgan fingerprint density at radius 3 is 2.76 bits per heavy atom. The molecule has 5 rings (SSSR count). The molecule has 1 fully saturated rings. The lowest BCUT2D eigenvalue weighted by Crippen LogP contribution is -2.43. The number of carbonyl (C=O) groups is 1. The Hall–Kier alpha value is -3.06. The van der Waals surface area contributed by atoms with E-state index in [0.717, 1.165) is 31.9 Å². The van der Waals surface area contributed by atoms with Crippen molar-refractivity contribution in [3.63, 3.8) is 0 Å². The molecule has 2 aromatic heterocycles. The summed E-state index contributed by atoms with van der Waals surface area (Å²) in [5, 5.41) is 3.74. The van der Waals surface area contributed by atoms with E-state index in [-0.39, 0.29) is 17.2 Å². The summed E-state index contributed by atoms with van der Waals surface area (Å²) in [4.78, 5) is 36.3. The van der Waals surface area contributed by atoms with Crippen LogP contribution in [0.1, 0.15) is 16.2 Å². The van der Waals surface area contributed by atoms with Crippen LogP contribution in [0.25, 0.3) is 16.6 Å². The van der Waals surface area contributed by atoms with Crippen LogP contribution in [0.2, 0.25) is 0 Å². The number of anilines is 1. The average molecular weight is 333 g/mol. The van der Waals surface area contributed by atoms with Crippen molar-refractivity contribution in [2.45, 2.75) is 0 Å². The van der Waals surface area contributed by atoms with Gasteiger partial charge in [0.1, 0.15) is 0 Å². The second kappa shape index (κ2) is 5.22. The first-order valence-electron chi connectivity index (χ1n) is 8.25. The maximum atomic E-state index is 12.9. The van der Waals surface area contributed by atoms with Crippen LogP contribution in [0.4, 0.5) is 5.69 Å². The van der Waals surface area contributed by atoms with Crippen LogP contribution >= 0.6 is 0 Å². The van der Waals surface area contributed by atoms with Crippen LogP contribution < -0.4 is 15.8 Å². The molecule has 0 amide bonds. The van der Waals surface area contributed by atoms with Gasteiger partial charge in [-0.15, -0.1) is 0 Å². The number of hydrogen-bond donors (Lipinski definition) is 1. The Morgan fingerprint density at radius 2 is 1.92 bits per heavy atom. The summed E-state index contributed by atoms with van der Waals surface area (Å²) in [7, 11) is 0. The van der Waals surface area contributed by atoms with Crippen molar-refractivity contribution in [3.05, 3.63) is 58.4 Å². The zero-order chi connectivity index (χ0) is 17.0. The van der Waals surface area contributed by atoms with Gasteiger partial charge in [-0.05, 0) is 24.3 Å². The van der Waals surface area contributed by atoms with E-state index in [2.05, 4.69) is 20.2 Å². The van der Waals surface area contributed by atoms with Gasteiger partial charge in [0.2, 0.25) is 5.78 Å². The number of benzene rings is 1. The third-order valence-corrected chi connectivity index (χ3v) is 4.82. The predicted molar refractivity (Wildman–Crippen MR) is 93.7 cm³/mol. The molecule has 4 heterocycles. The monoisotopic (exact) mass is 333 g/mol. The van der Waals surface area contributed by atoms with Crippen molar-refractivity contribution in [1.82, 2.24) is 19.9 Å². The second-order valence-corrected chi connectivity index (χ2v) is 6.24. The number of rotatable bonds is 1. The number of ketones is 1. The first-order chi connectivity index (χ1) is 12.2. The molecule has 25 heavy (non-hydrogen) atoms. The van der Waals surface area contributed by atoms with Gasteiger partial charge in [-0.2, -0.15) is 0 Å². The van der Waals surface area contributed by atoms with Gasteiger partial charge < -0.3 is 10.2 Å². The van der Waals surface area contributed by atoms with E-state index < -0.39 is 0 Å². The average Bonchev–Trinajstić information content (AvgIpc) is 2.95. The minimum absolute atomic E-state index is 0.177. The third-order valence-electron chi connectivity index (χ3n) is 4.82. The zero-order valence-electron chi connectivity index (χ0n) is 13.4. The summed E-state index contributed by atoms with van der Waals surface area (Å²) in [5.41, 5.74) is 2.39. The van der Waals surface area contributed by atoms with E-state index in [1.807, 2.05) is 12.1 Å². The highest BCUT2D eigenvalue weighted by Crippen LogP contribution is 2.30. The number of pyridine rings is 1. The normalized spacial score (nSPS) is 16.2. The molecule has 124 valence electrons. The second-order valence-electron chi connectivity index (χ2n) is 6.24. The van der Waals surface area contributed by atoms with E-state index >= 15 is 0 Å². The van der Waals surface area contributed by atoms with Crippen LogP contribution in [0.3, 0.4) is 0 Å². The summed E-state index contributed by atoms with van der Waals surface area (Å²) >= 11 is 0. The van der Waals surface area contributed by atoms with Gasteiger partial charge in [0, 0.05) is 44.3 Å². The van der Waals surface area contributed by atoms with Crippen molar-refractivity contribution in [2.75, 3.05) is 31.1 Å². The van der Waals surface area contributed by atoms with Crippen LogP contribution in [0, 0.1) is 0 Å². The summed E-state index contributed by atoms with van der Waals surface area (Å²) in [5.74, 6) is -0.0335. The molecule has 0 unspecified atom stereocenters. The molecule has 0 radical (unpaired) electrons. The molecule has 1 saturated heterocycles. The smallest absolute Gasteiger partial charge is 0.267 e. The lowest BCUT2D eigenvalue weighted by Gasteiger charge is -2.29. The number of hydrogen-bond acceptors (Lipinski definition) is 6. The molecule has 2 aliphatic heterocycles. The highest BCUT2D eigenvalue weighted by molar-refractivity contribution is 6.13. The van der Waals surface area contributed by atoms with E-state index in [1.54, 1.807) is 18.3 Å². The largest absolute Gasteiger partial charge is 0.369 e. The minimum Gasteiger partial charge on any atom is -0.369 e. The maximum Gasteiger partial charge on any atom is 0.267 e. The van der Waals surface area contributed by atoms with Gasteiger partial charge in [-0.1, -0.05) is 0 Å². The van der Waals surface area contributed by atoms with Gasteiger partial charge in [-0.25, -0.2) is 4.98 Å². The first kappa shape index (κ1) is 14.3. The Balaban J connectivity index is 1.74. The highest BCUT2D eigenvalue weighted by Gasteiger charge is 2.31. The van der Waals surface area contributed by atoms with E-state index in [9.17, 15) is 9.59 Å². The van der Waals surface area contributed by atoms with Crippen molar-refractivity contribution < 1.29 is 4.79 Å². The maximum absolute atomic E-state index is 12.9. The van der Waals surface area contributed by atoms with E-state index in [0.29, 0.717) is 22.2 Å². The molecule has 0 atom stereocenters. The molecule has 7 nitrogen and oxygen atoms in total. The van der Waals surface area contributed by atoms with Crippen LogP contribution in [0.5, 0.6) is 0 Å². The molecule has 3 aromatic rings.